The summed E-state index contributed by atoms with van der Waals surface area (Å²) in [6.45, 7) is 0. The Morgan fingerprint density at radius 1 is 0.733 bits per heavy atom. The molecule has 2 aromatic heterocycles. The molecule has 2 rings (SSSR count). The first-order valence-corrected chi connectivity index (χ1v) is 4.15. The Bertz CT molecular complexity index is 394. The van der Waals surface area contributed by atoms with Gasteiger partial charge in [-0.3, -0.25) is 10.8 Å². The summed E-state index contributed by atoms with van der Waals surface area (Å²) in [5.41, 5.74) is 0.894. The van der Waals surface area contributed by atoms with Crippen molar-refractivity contribution in [1.82, 2.24) is 9.97 Å². The van der Waals surface area contributed by atoms with Crippen molar-refractivity contribution >= 4 is 0 Å². The average Bonchev–Trinajstić information content (AvgIpc) is 2.21. The third-order valence-corrected chi connectivity index (χ3v) is 1.42. The van der Waals surface area contributed by atoms with Crippen molar-refractivity contribution in [3.05, 3.63) is 59.8 Å². The molecule has 0 spiro atoms. The normalized spacial score (nSPS) is 8.00. The fourth-order valence-electron chi connectivity index (χ4n) is 0.787. The number of hydrogen-bond donors (Lipinski definition) is 4. The van der Waals surface area contributed by atoms with Gasteiger partial charge < -0.3 is 9.97 Å². The second-order valence-electron chi connectivity index (χ2n) is 2.55. The van der Waals surface area contributed by atoms with Crippen LogP contribution in [-0.2, 0) is 17.1 Å². The predicted molar refractivity (Wildman–Crippen MR) is 53.3 cm³/mol. The fraction of sp³-hybridized carbons (Fsp3) is 0. The number of aromatic amines is 2. The van der Waals surface area contributed by atoms with Gasteiger partial charge in [0, 0.05) is 29.5 Å². The maximum absolute atomic E-state index is 6.94. The van der Waals surface area contributed by atoms with Crippen LogP contribution < -0.4 is 11.0 Å². The zero-order valence-electron chi connectivity index (χ0n) is 7.97. The summed E-state index contributed by atoms with van der Waals surface area (Å²) in [4.78, 5) is 5.40. The zero-order chi connectivity index (χ0) is 10.2. The zero-order valence-corrected chi connectivity index (χ0v) is 9.08. The maximum Gasteiger partial charge on any atom is 0.121 e. The molecule has 0 aliphatic carbocycles. The van der Waals surface area contributed by atoms with Crippen LogP contribution in [0.2, 0.25) is 0 Å². The van der Waals surface area contributed by atoms with Crippen molar-refractivity contribution in [3.63, 3.8) is 0 Å². The van der Waals surface area contributed by atoms with E-state index in [0.29, 0.717) is 11.0 Å². The molecule has 2 heterocycles. The second kappa shape index (κ2) is 7.79. The monoisotopic (exact) mass is 244 g/mol. The molecule has 2 aromatic rings. The van der Waals surface area contributed by atoms with E-state index in [4.69, 9.17) is 10.8 Å². The van der Waals surface area contributed by atoms with E-state index in [1.807, 2.05) is 24.3 Å². The number of H-pyrrole nitrogens is 2. The summed E-state index contributed by atoms with van der Waals surface area (Å²) >= 11 is 0. The number of rotatable bonds is 0. The van der Waals surface area contributed by atoms with E-state index in [-0.39, 0.29) is 17.1 Å². The molecule has 0 bridgehead atoms. The first-order valence-electron chi connectivity index (χ1n) is 4.15. The van der Waals surface area contributed by atoms with E-state index in [1.54, 1.807) is 24.5 Å². The number of nitrogens with one attached hydrogen (secondary N) is 4. The van der Waals surface area contributed by atoms with Gasteiger partial charge in [0.2, 0.25) is 0 Å². The number of aromatic nitrogens is 2. The van der Waals surface area contributed by atoms with Crippen LogP contribution in [0.4, 0.5) is 0 Å². The van der Waals surface area contributed by atoms with Gasteiger partial charge in [0.1, 0.15) is 11.0 Å². The van der Waals surface area contributed by atoms with Crippen LogP contribution in [0.1, 0.15) is 0 Å². The molecule has 0 aliphatic rings. The molecule has 0 amide bonds. The van der Waals surface area contributed by atoms with Crippen molar-refractivity contribution in [2.45, 2.75) is 0 Å². The van der Waals surface area contributed by atoms with E-state index >= 15 is 0 Å². The van der Waals surface area contributed by atoms with Gasteiger partial charge in [0.05, 0.1) is 0 Å². The van der Waals surface area contributed by atoms with E-state index in [2.05, 4.69) is 9.97 Å². The largest absolute Gasteiger partial charge is 0.347 e. The fourth-order valence-corrected chi connectivity index (χ4v) is 0.787. The molecule has 15 heavy (non-hydrogen) atoms. The Balaban J connectivity index is 0.000000245. The number of pyridine rings is 2. The Kier molecular flexibility index (Phi) is 6.97. The molecular formula is C10H12FeN4. The Labute approximate surface area is 97.9 Å². The van der Waals surface area contributed by atoms with Crippen molar-refractivity contribution in [2.75, 3.05) is 0 Å². The molecule has 0 aliphatic heterocycles. The summed E-state index contributed by atoms with van der Waals surface area (Å²) < 4.78 is 0. The molecule has 5 heteroatoms. The first-order chi connectivity index (χ1) is 6.79. The minimum atomic E-state index is 0. The van der Waals surface area contributed by atoms with Crippen molar-refractivity contribution in [2.24, 2.45) is 0 Å². The molecule has 0 saturated carbocycles. The van der Waals surface area contributed by atoms with Crippen LogP contribution in [0, 0.1) is 10.8 Å². The molecule has 0 atom stereocenters. The summed E-state index contributed by atoms with van der Waals surface area (Å²) in [5, 5.41) is 13.9. The van der Waals surface area contributed by atoms with Crippen LogP contribution in [0.25, 0.3) is 0 Å². The van der Waals surface area contributed by atoms with Gasteiger partial charge in [-0.15, -0.1) is 0 Å². The summed E-state index contributed by atoms with van der Waals surface area (Å²) in [7, 11) is 0. The quantitative estimate of drug-likeness (QED) is 0.498. The predicted octanol–water partition coefficient (Wildman–Crippen LogP) is 0.986. The van der Waals surface area contributed by atoms with Gasteiger partial charge in [-0.05, 0) is 24.3 Å². The summed E-state index contributed by atoms with van der Waals surface area (Å²) in [6.07, 6.45) is 3.45. The Hall–Kier alpha value is -1.58. The van der Waals surface area contributed by atoms with Crippen LogP contribution in [0.5, 0.6) is 0 Å². The molecule has 4 nitrogen and oxygen atoms in total. The molecule has 0 fully saturated rings. The molecule has 0 unspecified atom stereocenters. The minimum absolute atomic E-state index is 0. The van der Waals surface area contributed by atoms with Gasteiger partial charge in [0.15, 0.2) is 0 Å². The van der Waals surface area contributed by atoms with Crippen LogP contribution >= 0.6 is 0 Å². The standard InChI is InChI=1S/2C5H6N2.Fe/c2*6-5-3-1-2-4-7-5;/h2*1-4H,(H2,6,7);. The average molecular weight is 244 g/mol. The van der Waals surface area contributed by atoms with Gasteiger partial charge >= 0.3 is 0 Å². The smallest absolute Gasteiger partial charge is 0.121 e. The third-order valence-electron chi connectivity index (χ3n) is 1.42. The summed E-state index contributed by atoms with van der Waals surface area (Å²) in [6, 6.07) is 10.7. The van der Waals surface area contributed by atoms with E-state index in [0.717, 1.165) is 0 Å². The molecule has 4 N–H and O–H groups in total. The SMILES string of the molecule is N=c1cccc[nH]1.N=c1cccc[nH]1.[Fe]. The van der Waals surface area contributed by atoms with E-state index < -0.39 is 0 Å². The van der Waals surface area contributed by atoms with Crippen LogP contribution in [-0.4, -0.2) is 9.97 Å². The number of hydrogen-bond acceptors (Lipinski definition) is 2. The Morgan fingerprint density at radius 3 is 1.27 bits per heavy atom. The molecule has 0 saturated heterocycles. The molecule has 80 valence electrons. The van der Waals surface area contributed by atoms with Crippen LogP contribution in [0.15, 0.2) is 48.8 Å². The van der Waals surface area contributed by atoms with Crippen molar-refractivity contribution in [3.8, 4) is 0 Å². The van der Waals surface area contributed by atoms with Gasteiger partial charge in [0.25, 0.3) is 0 Å². The van der Waals surface area contributed by atoms with Crippen molar-refractivity contribution in [1.29, 1.82) is 10.8 Å². The van der Waals surface area contributed by atoms with Gasteiger partial charge in [-0.1, -0.05) is 12.1 Å². The molecule has 0 aromatic carbocycles. The molecular weight excluding hydrogens is 232 g/mol. The molecule has 0 radical (unpaired) electrons. The van der Waals surface area contributed by atoms with Gasteiger partial charge in [-0.25, -0.2) is 0 Å². The second-order valence-corrected chi connectivity index (χ2v) is 2.55. The third kappa shape index (κ3) is 6.48. The maximum atomic E-state index is 6.94. The van der Waals surface area contributed by atoms with E-state index in [1.165, 1.54) is 0 Å². The Morgan fingerprint density at radius 2 is 1.13 bits per heavy atom. The van der Waals surface area contributed by atoms with Gasteiger partial charge in [-0.2, -0.15) is 0 Å². The first kappa shape index (κ1) is 13.4. The minimum Gasteiger partial charge on any atom is -0.347 e. The topological polar surface area (TPSA) is 79.3 Å². The summed E-state index contributed by atoms with van der Waals surface area (Å²) in [5.74, 6) is 0. The van der Waals surface area contributed by atoms with Crippen molar-refractivity contribution < 1.29 is 17.1 Å². The van der Waals surface area contributed by atoms with E-state index in [9.17, 15) is 0 Å². The van der Waals surface area contributed by atoms with Crippen LogP contribution in [0.3, 0.4) is 0 Å².